The third-order valence-electron chi connectivity index (χ3n) is 3.39. The number of rotatable bonds is 2. The van der Waals surface area contributed by atoms with E-state index in [0.717, 1.165) is 16.9 Å². The maximum absolute atomic E-state index is 12.1. The molecule has 1 aliphatic rings. The van der Waals surface area contributed by atoms with Crippen LogP contribution in [0.4, 0.5) is 0 Å². The van der Waals surface area contributed by atoms with Crippen LogP contribution >= 0.6 is 0 Å². The van der Waals surface area contributed by atoms with E-state index in [1.165, 1.54) is 7.11 Å². The van der Waals surface area contributed by atoms with Crippen molar-refractivity contribution in [1.82, 2.24) is 0 Å². The third kappa shape index (κ3) is 1.97. The summed E-state index contributed by atoms with van der Waals surface area (Å²) < 4.78 is 10.9. The Labute approximate surface area is 111 Å². The van der Waals surface area contributed by atoms with Crippen LogP contribution in [0, 0.1) is 0 Å². The molecule has 0 radical (unpaired) electrons. The molecule has 0 bridgehead atoms. The molecule has 0 amide bonds. The largest absolute Gasteiger partial charge is 0.484 e. The average Bonchev–Trinajstić information content (AvgIpc) is 2.87. The van der Waals surface area contributed by atoms with Crippen molar-refractivity contribution in [2.75, 3.05) is 7.11 Å². The highest BCUT2D eigenvalue weighted by atomic mass is 16.5. The summed E-state index contributed by atoms with van der Waals surface area (Å²) in [6.45, 7) is 0. The molecule has 3 rings (SSSR count). The van der Waals surface area contributed by atoms with Crippen LogP contribution in [0.3, 0.4) is 0 Å². The molecule has 0 fully saturated rings. The summed E-state index contributed by atoms with van der Waals surface area (Å²) in [6.07, 6.45) is -0.314. The Balaban J connectivity index is 2.05. The van der Waals surface area contributed by atoms with Crippen LogP contribution in [0.1, 0.15) is 23.1 Å². The van der Waals surface area contributed by atoms with Crippen molar-refractivity contribution in [1.29, 1.82) is 0 Å². The molecular weight excluding hydrogens is 240 g/mol. The van der Waals surface area contributed by atoms with Gasteiger partial charge in [-0.05, 0) is 11.6 Å². The van der Waals surface area contributed by atoms with Crippen molar-refractivity contribution in [2.45, 2.75) is 12.0 Å². The minimum Gasteiger partial charge on any atom is -0.484 e. The first-order chi connectivity index (χ1) is 9.31. The maximum Gasteiger partial charge on any atom is 0.317 e. The van der Waals surface area contributed by atoms with E-state index < -0.39 is 5.92 Å². The number of carbonyl (C=O) groups is 1. The Morgan fingerprint density at radius 2 is 1.74 bits per heavy atom. The van der Waals surface area contributed by atoms with E-state index in [9.17, 15) is 4.79 Å². The summed E-state index contributed by atoms with van der Waals surface area (Å²) in [5.74, 6) is 0.0918. The molecule has 0 aliphatic carbocycles. The molecule has 0 N–H and O–H groups in total. The number of ether oxygens (including phenoxy) is 2. The molecule has 0 saturated carbocycles. The molecule has 0 aromatic heterocycles. The van der Waals surface area contributed by atoms with Gasteiger partial charge in [-0.1, -0.05) is 48.5 Å². The van der Waals surface area contributed by atoms with Crippen molar-refractivity contribution < 1.29 is 14.3 Å². The zero-order chi connectivity index (χ0) is 13.2. The summed E-state index contributed by atoms with van der Waals surface area (Å²) in [4.78, 5) is 12.1. The molecular formula is C16H14O3. The predicted molar refractivity (Wildman–Crippen MR) is 71.0 cm³/mol. The smallest absolute Gasteiger partial charge is 0.317 e. The molecule has 0 spiro atoms. The highest BCUT2D eigenvalue weighted by Gasteiger charge is 2.40. The van der Waals surface area contributed by atoms with Gasteiger partial charge in [0.1, 0.15) is 17.8 Å². The van der Waals surface area contributed by atoms with Crippen LogP contribution in [-0.2, 0) is 9.53 Å². The fourth-order valence-electron chi connectivity index (χ4n) is 2.49. The fourth-order valence-corrected chi connectivity index (χ4v) is 2.49. The molecule has 3 heteroatoms. The van der Waals surface area contributed by atoms with Crippen LogP contribution in [-0.4, -0.2) is 13.1 Å². The second-order valence-electron chi connectivity index (χ2n) is 4.49. The van der Waals surface area contributed by atoms with Gasteiger partial charge in [0.2, 0.25) is 0 Å². The Bertz CT molecular complexity index is 592. The van der Waals surface area contributed by atoms with Crippen molar-refractivity contribution in [3.63, 3.8) is 0 Å². The lowest BCUT2D eigenvalue weighted by atomic mass is 9.91. The Kier molecular flexibility index (Phi) is 2.95. The Morgan fingerprint density at radius 1 is 1.05 bits per heavy atom. The van der Waals surface area contributed by atoms with Gasteiger partial charge in [0.05, 0.1) is 7.11 Å². The van der Waals surface area contributed by atoms with Crippen molar-refractivity contribution >= 4 is 5.97 Å². The molecule has 1 aliphatic heterocycles. The highest BCUT2D eigenvalue weighted by Crippen LogP contribution is 2.46. The predicted octanol–water partition coefficient (Wildman–Crippen LogP) is 3.08. The minimum absolute atomic E-state index is 0.265. The SMILES string of the molecule is COC(=O)[C@@H]1c2ccccc2O[C@H]1c1ccccc1. The van der Waals surface area contributed by atoms with Gasteiger partial charge in [0.25, 0.3) is 0 Å². The second kappa shape index (κ2) is 4.76. The standard InChI is InChI=1S/C16H14O3/c1-18-16(17)14-12-9-5-6-10-13(12)19-15(14)11-7-3-2-4-8-11/h2-10,14-15H,1H3/t14-,15+/m1/s1. The topological polar surface area (TPSA) is 35.5 Å². The van der Waals surface area contributed by atoms with Gasteiger partial charge in [0, 0.05) is 5.56 Å². The van der Waals surface area contributed by atoms with Crippen LogP contribution in [0.15, 0.2) is 54.6 Å². The van der Waals surface area contributed by atoms with Gasteiger partial charge in [-0.2, -0.15) is 0 Å². The summed E-state index contributed by atoms with van der Waals surface area (Å²) in [5.41, 5.74) is 1.87. The van der Waals surface area contributed by atoms with E-state index in [1.807, 2.05) is 54.6 Å². The number of fused-ring (bicyclic) bond motifs is 1. The van der Waals surface area contributed by atoms with E-state index in [2.05, 4.69) is 0 Å². The van der Waals surface area contributed by atoms with Gasteiger partial charge in [-0.25, -0.2) is 0 Å². The molecule has 1 heterocycles. The van der Waals surface area contributed by atoms with E-state index in [0.29, 0.717) is 0 Å². The normalized spacial score (nSPS) is 20.5. The summed E-state index contributed by atoms with van der Waals surface area (Å²) in [5, 5.41) is 0. The number of carbonyl (C=O) groups excluding carboxylic acids is 1. The summed E-state index contributed by atoms with van der Waals surface area (Å²) in [6, 6.07) is 17.4. The van der Waals surface area contributed by atoms with Crippen molar-refractivity contribution in [3.8, 4) is 5.75 Å². The van der Waals surface area contributed by atoms with Crippen molar-refractivity contribution in [3.05, 3.63) is 65.7 Å². The minimum atomic E-state index is -0.399. The number of methoxy groups -OCH3 is 1. The highest BCUT2D eigenvalue weighted by molar-refractivity contribution is 5.81. The number of hydrogen-bond donors (Lipinski definition) is 0. The van der Waals surface area contributed by atoms with E-state index in [4.69, 9.17) is 9.47 Å². The first-order valence-corrected chi connectivity index (χ1v) is 6.19. The summed E-state index contributed by atoms with van der Waals surface area (Å²) >= 11 is 0. The van der Waals surface area contributed by atoms with Crippen LogP contribution in [0.5, 0.6) is 5.75 Å². The monoisotopic (exact) mass is 254 g/mol. The number of esters is 1. The maximum atomic E-state index is 12.1. The average molecular weight is 254 g/mol. The Hall–Kier alpha value is -2.29. The van der Waals surface area contributed by atoms with E-state index >= 15 is 0 Å². The molecule has 96 valence electrons. The Morgan fingerprint density at radius 3 is 2.47 bits per heavy atom. The van der Waals surface area contributed by atoms with Gasteiger partial charge in [-0.3, -0.25) is 4.79 Å². The van der Waals surface area contributed by atoms with Gasteiger partial charge >= 0.3 is 5.97 Å². The lowest BCUT2D eigenvalue weighted by Crippen LogP contribution is -2.20. The van der Waals surface area contributed by atoms with Gasteiger partial charge < -0.3 is 9.47 Å². The summed E-state index contributed by atoms with van der Waals surface area (Å²) in [7, 11) is 1.41. The molecule has 0 saturated heterocycles. The molecule has 2 aromatic carbocycles. The first-order valence-electron chi connectivity index (χ1n) is 6.19. The van der Waals surface area contributed by atoms with Crippen LogP contribution in [0.25, 0.3) is 0 Å². The fraction of sp³-hybridized carbons (Fsp3) is 0.188. The van der Waals surface area contributed by atoms with Crippen LogP contribution < -0.4 is 4.74 Å². The molecule has 2 aromatic rings. The zero-order valence-corrected chi connectivity index (χ0v) is 10.6. The number of benzene rings is 2. The number of para-hydroxylation sites is 1. The lowest BCUT2D eigenvalue weighted by molar-refractivity contribution is -0.144. The molecule has 2 atom stereocenters. The van der Waals surface area contributed by atoms with Gasteiger partial charge in [-0.15, -0.1) is 0 Å². The third-order valence-corrected chi connectivity index (χ3v) is 3.39. The molecule has 0 unspecified atom stereocenters. The lowest BCUT2D eigenvalue weighted by Gasteiger charge is -2.17. The van der Waals surface area contributed by atoms with Crippen molar-refractivity contribution in [2.24, 2.45) is 0 Å². The zero-order valence-electron chi connectivity index (χ0n) is 10.6. The van der Waals surface area contributed by atoms with E-state index in [-0.39, 0.29) is 12.1 Å². The second-order valence-corrected chi connectivity index (χ2v) is 4.49. The quantitative estimate of drug-likeness (QED) is 0.773. The molecule has 3 nitrogen and oxygen atoms in total. The van der Waals surface area contributed by atoms with E-state index in [1.54, 1.807) is 0 Å². The first kappa shape index (κ1) is 11.8. The molecule has 19 heavy (non-hydrogen) atoms. The number of hydrogen-bond acceptors (Lipinski definition) is 3. The van der Waals surface area contributed by atoms with Crippen LogP contribution in [0.2, 0.25) is 0 Å². The van der Waals surface area contributed by atoms with Gasteiger partial charge in [0.15, 0.2) is 0 Å².